The lowest BCUT2D eigenvalue weighted by Crippen LogP contribution is -2.53. The summed E-state index contributed by atoms with van der Waals surface area (Å²) in [5, 5.41) is 0. The second kappa shape index (κ2) is 9.26. The van der Waals surface area contributed by atoms with Crippen LogP contribution in [0.1, 0.15) is 32.1 Å². The van der Waals surface area contributed by atoms with Crippen molar-refractivity contribution in [1.29, 1.82) is 0 Å². The number of hydrogen-bond donors (Lipinski definition) is 0. The zero-order valence-electron chi connectivity index (χ0n) is 16.8. The molecular formula is C22H35N3O2. The van der Waals surface area contributed by atoms with Gasteiger partial charge in [0.2, 0.25) is 0 Å². The van der Waals surface area contributed by atoms with Gasteiger partial charge in [0.1, 0.15) is 5.75 Å². The first-order valence-electron chi connectivity index (χ1n) is 10.8. The highest BCUT2D eigenvalue weighted by molar-refractivity contribution is 5.51. The molecule has 1 aromatic rings. The lowest BCUT2D eigenvalue weighted by atomic mass is 10.0. The maximum Gasteiger partial charge on any atom is 0.120 e. The smallest absolute Gasteiger partial charge is 0.120 e. The molecule has 5 heteroatoms. The number of nitrogens with zero attached hydrogens (tertiary/aromatic N) is 3. The van der Waals surface area contributed by atoms with Crippen LogP contribution in [0.25, 0.3) is 0 Å². The summed E-state index contributed by atoms with van der Waals surface area (Å²) in [6.07, 6.45) is 6.96. The van der Waals surface area contributed by atoms with Gasteiger partial charge in [-0.05, 0) is 57.3 Å². The Kier molecular flexibility index (Phi) is 6.53. The van der Waals surface area contributed by atoms with Gasteiger partial charge in [0.25, 0.3) is 0 Å². The van der Waals surface area contributed by atoms with Gasteiger partial charge in [0, 0.05) is 57.1 Å². The normalized spacial score (nSPS) is 26.3. The number of rotatable bonds is 5. The molecule has 3 heterocycles. The average Bonchev–Trinajstić information content (AvgIpc) is 2.75. The molecule has 0 saturated carbocycles. The summed E-state index contributed by atoms with van der Waals surface area (Å²) in [6.45, 7) is 9.17. The molecule has 0 unspecified atom stereocenters. The third-order valence-electron chi connectivity index (χ3n) is 6.54. The molecule has 0 amide bonds. The van der Waals surface area contributed by atoms with Gasteiger partial charge in [0.15, 0.2) is 0 Å². The zero-order valence-corrected chi connectivity index (χ0v) is 16.8. The molecule has 150 valence electrons. The van der Waals surface area contributed by atoms with E-state index in [1.807, 2.05) is 6.07 Å². The molecule has 0 N–H and O–H groups in total. The van der Waals surface area contributed by atoms with Crippen LogP contribution in [0.5, 0.6) is 5.75 Å². The van der Waals surface area contributed by atoms with Crippen molar-refractivity contribution in [3.63, 3.8) is 0 Å². The first-order chi connectivity index (χ1) is 13.3. The molecule has 0 aliphatic carbocycles. The van der Waals surface area contributed by atoms with Crippen molar-refractivity contribution in [1.82, 2.24) is 9.80 Å². The number of anilines is 1. The fourth-order valence-electron chi connectivity index (χ4n) is 4.86. The lowest BCUT2D eigenvalue weighted by molar-refractivity contribution is -0.0141. The Balaban J connectivity index is 1.21. The van der Waals surface area contributed by atoms with Crippen molar-refractivity contribution in [3.8, 4) is 5.75 Å². The fraction of sp³-hybridized carbons (Fsp3) is 0.727. The Bertz CT molecular complexity index is 575. The Hall–Kier alpha value is -1.30. The molecule has 3 aliphatic rings. The summed E-state index contributed by atoms with van der Waals surface area (Å²) in [6, 6.07) is 9.23. The monoisotopic (exact) mass is 373 g/mol. The minimum atomic E-state index is 0.488. The predicted octanol–water partition coefficient (Wildman–Crippen LogP) is 2.85. The van der Waals surface area contributed by atoms with E-state index >= 15 is 0 Å². The van der Waals surface area contributed by atoms with Gasteiger partial charge in [-0.25, -0.2) is 0 Å². The van der Waals surface area contributed by atoms with Gasteiger partial charge >= 0.3 is 0 Å². The Morgan fingerprint density at radius 2 is 1.81 bits per heavy atom. The zero-order chi connectivity index (χ0) is 18.5. The van der Waals surface area contributed by atoms with E-state index < -0.39 is 0 Å². The maximum absolute atomic E-state index is 5.93. The summed E-state index contributed by atoms with van der Waals surface area (Å²) < 4.78 is 11.3. The van der Waals surface area contributed by atoms with Crippen LogP contribution in [0, 0.1) is 0 Å². The van der Waals surface area contributed by atoms with Crippen LogP contribution < -0.4 is 9.64 Å². The molecule has 27 heavy (non-hydrogen) atoms. The van der Waals surface area contributed by atoms with Crippen molar-refractivity contribution in [2.75, 3.05) is 64.4 Å². The minimum absolute atomic E-state index is 0.488. The molecule has 0 radical (unpaired) electrons. The Morgan fingerprint density at radius 3 is 2.52 bits per heavy atom. The average molecular weight is 374 g/mol. The van der Waals surface area contributed by atoms with Gasteiger partial charge in [-0.15, -0.1) is 0 Å². The molecule has 3 saturated heterocycles. The van der Waals surface area contributed by atoms with Crippen LogP contribution in [-0.2, 0) is 4.74 Å². The standard InChI is InChI=1S/C22H35N3O2/c1-26-21-7-4-5-20(17-21)25-14-12-24(13-15-25)19-8-10-23(11-9-19)18-22-6-2-3-16-27-22/h4-5,7,17,19,22H,2-3,6,8-16,18H2,1H3/t22-/m1/s1. The number of likely N-dealkylation sites (tertiary alicyclic amines) is 1. The molecule has 0 bridgehead atoms. The van der Waals surface area contributed by atoms with E-state index in [0.717, 1.165) is 38.0 Å². The number of ether oxygens (including phenoxy) is 2. The van der Waals surface area contributed by atoms with Gasteiger partial charge < -0.3 is 19.3 Å². The van der Waals surface area contributed by atoms with Crippen LogP contribution in [0.2, 0.25) is 0 Å². The summed E-state index contributed by atoms with van der Waals surface area (Å²) in [5.74, 6) is 0.948. The van der Waals surface area contributed by atoms with Crippen molar-refractivity contribution in [3.05, 3.63) is 24.3 Å². The Morgan fingerprint density at radius 1 is 1.00 bits per heavy atom. The molecule has 0 aromatic heterocycles. The first kappa shape index (κ1) is 19.0. The fourth-order valence-corrected chi connectivity index (χ4v) is 4.86. The highest BCUT2D eigenvalue weighted by Gasteiger charge is 2.28. The molecule has 5 nitrogen and oxygen atoms in total. The predicted molar refractivity (Wildman–Crippen MR) is 110 cm³/mol. The quantitative estimate of drug-likeness (QED) is 0.791. The maximum atomic E-state index is 5.93. The largest absolute Gasteiger partial charge is 0.497 e. The molecule has 3 aliphatic heterocycles. The number of methoxy groups -OCH3 is 1. The summed E-state index contributed by atoms with van der Waals surface area (Å²) in [7, 11) is 1.74. The van der Waals surface area contributed by atoms with E-state index in [1.54, 1.807) is 7.11 Å². The van der Waals surface area contributed by atoms with E-state index in [1.165, 1.54) is 64.0 Å². The number of piperidine rings is 1. The number of piperazine rings is 1. The van der Waals surface area contributed by atoms with E-state index in [9.17, 15) is 0 Å². The summed E-state index contributed by atoms with van der Waals surface area (Å²) in [5.41, 5.74) is 1.29. The van der Waals surface area contributed by atoms with Crippen LogP contribution >= 0.6 is 0 Å². The van der Waals surface area contributed by atoms with Gasteiger partial charge in [0.05, 0.1) is 13.2 Å². The van der Waals surface area contributed by atoms with Crippen molar-refractivity contribution in [2.45, 2.75) is 44.2 Å². The Labute approximate surface area is 164 Å². The minimum Gasteiger partial charge on any atom is -0.497 e. The molecule has 3 fully saturated rings. The van der Waals surface area contributed by atoms with Crippen molar-refractivity contribution < 1.29 is 9.47 Å². The molecule has 0 spiro atoms. The van der Waals surface area contributed by atoms with E-state index in [4.69, 9.17) is 9.47 Å². The first-order valence-corrected chi connectivity index (χ1v) is 10.8. The van der Waals surface area contributed by atoms with Crippen LogP contribution in [0.4, 0.5) is 5.69 Å². The van der Waals surface area contributed by atoms with E-state index in [2.05, 4.69) is 32.9 Å². The second-order valence-corrected chi connectivity index (χ2v) is 8.24. The van der Waals surface area contributed by atoms with Gasteiger partial charge in [-0.3, -0.25) is 4.90 Å². The molecule has 1 aromatic carbocycles. The number of hydrogen-bond acceptors (Lipinski definition) is 5. The molecule has 1 atom stereocenters. The van der Waals surface area contributed by atoms with Crippen LogP contribution in [0.3, 0.4) is 0 Å². The third-order valence-corrected chi connectivity index (χ3v) is 6.54. The van der Waals surface area contributed by atoms with Crippen LogP contribution in [-0.4, -0.2) is 81.5 Å². The van der Waals surface area contributed by atoms with Crippen molar-refractivity contribution >= 4 is 5.69 Å². The van der Waals surface area contributed by atoms with E-state index in [-0.39, 0.29) is 0 Å². The topological polar surface area (TPSA) is 28.2 Å². The summed E-state index contributed by atoms with van der Waals surface area (Å²) >= 11 is 0. The lowest BCUT2D eigenvalue weighted by Gasteiger charge is -2.44. The highest BCUT2D eigenvalue weighted by atomic mass is 16.5. The molecule has 4 rings (SSSR count). The van der Waals surface area contributed by atoms with Crippen molar-refractivity contribution in [2.24, 2.45) is 0 Å². The second-order valence-electron chi connectivity index (χ2n) is 8.24. The summed E-state index contributed by atoms with van der Waals surface area (Å²) in [4.78, 5) is 7.86. The highest BCUT2D eigenvalue weighted by Crippen LogP contribution is 2.25. The SMILES string of the molecule is COc1cccc(N2CCN(C3CCN(C[C@H]4CCCCO4)CC3)CC2)c1. The van der Waals surface area contributed by atoms with E-state index in [0.29, 0.717) is 6.10 Å². The van der Waals surface area contributed by atoms with Crippen LogP contribution in [0.15, 0.2) is 24.3 Å². The number of benzene rings is 1. The van der Waals surface area contributed by atoms with Gasteiger partial charge in [-0.2, -0.15) is 0 Å². The molecular weight excluding hydrogens is 338 g/mol. The third kappa shape index (κ3) is 4.95. The van der Waals surface area contributed by atoms with Gasteiger partial charge in [-0.1, -0.05) is 6.07 Å².